The zero-order chi connectivity index (χ0) is 9.68. The first-order chi connectivity index (χ1) is 6.27. The summed E-state index contributed by atoms with van der Waals surface area (Å²) in [5.41, 5.74) is 4.37. The minimum Gasteiger partial charge on any atom is -0.497 e. The molecule has 1 rings (SSSR count). The first kappa shape index (κ1) is 9.61. The Morgan fingerprint density at radius 3 is 2.31 bits per heavy atom. The van der Waals surface area contributed by atoms with Crippen LogP contribution in [0.3, 0.4) is 0 Å². The lowest BCUT2D eigenvalue weighted by Crippen LogP contribution is -2.08. The van der Waals surface area contributed by atoms with Crippen LogP contribution in [-0.2, 0) is 4.84 Å². The average molecular weight is 179 g/mol. The van der Waals surface area contributed by atoms with E-state index >= 15 is 0 Å². The van der Waals surface area contributed by atoms with E-state index in [9.17, 15) is 0 Å². The molecule has 0 fully saturated rings. The van der Waals surface area contributed by atoms with Gasteiger partial charge in [0.1, 0.15) is 5.75 Å². The molecule has 0 saturated heterocycles. The maximum Gasteiger partial charge on any atom is 0.118 e. The molecule has 3 nitrogen and oxygen atoms in total. The molecule has 13 heavy (non-hydrogen) atoms. The van der Waals surface area contributed by atoms with Crippen molar-refractivity contribution in [3.8, 4) is 5.75 Å². The predicted octanol–water partition coefficient (Wildman–Crippen LogP) is 1.82. The van der Waals surface area contributed by atoms with Gasteiger partial charge in [0.05, 0.1) is 19.9 Å². The number of hydrogen-bond acceptors (Lipinski definition) is 3. The fourth-order valence-corrected chi connectivity index (χ4v) is 0.974. The lowest BCUT2D eigenvalue weighted by atomic mass is 10.2. The molecule has 0 atom stereocenters. The lowest BCUT2D eigenvalue weighted by molar-refractivity contribution is 0.137. The molecule has 0 saturated carbocycles. The van der Waals surface area contributed by atoms with Gasteiger partial charge in [-0.3, -0.25) is 10.3 Å². The van der Waals surface area contributed by atoms with Gasteiger partial charge in [0.2, 0.25) is 0 Å². The molecule has 0 radical (unpaired) electrons. The largest absolute Gasteiger partial charge is 0.497 e. The van der Waals surface area contributed by atoms with Crippen LogP contribution in [0, 0.1) is 0 Å². The van der Waals surface area contributed by atoms with E-state index in [4.69, 9.17) is 9.57 Å². The van der Waals surface area contributed by atoms with Crippen molar-refractivity contribution in [1.82, 2.24) is 5.48 Å². The summed E-state index contributed by atoms with van der Waals surface area (Å²) in [7, 11) is 3.19. The molecule has 0 heterocycles. The van der Waals surface area contributed by atoms with Gasteiger partial charge < -0.3 is 4.74 Å². The van der Waals surface area contributed by atoms with E-state index in [-0.39, 0.29) is 0 Å². The molecular formula is C10H13NO2. The van der Waals surface area contributed by atoms with Gasteiger partial charge in [0, 0.05) is 0 Å². The van der Waals surface area contributed by atoms with Gasteiger partial charge in [0.25, 0.3) is 0 Å². The van der Waals surface area contributed by atoms with Gasteiger partial charge in [0.15, 0.2) is 0 Å². The second-order valence-corrected chi connectivity index (χ2v) is 2.51. The minimum absolute atomic E-state index is 0.727. The van der Waals surface area contributed by atoms with Crippen LogP contribution in [0.4, 0.5) is 0 Å². The summed E-state index contributed by atoms with van der Waals surface area (Å²) >= 11 is 0. The third-order valence-electron chi connectivity index (χ3n) is 1.66. The monoisotopic (exact) mass is 179 g/mol. The van der Waals surface area contributed by atoms with Crippen molar-refractivity contribution in [2.45, 2.75) is 0 Å². The third-order valence-corrected chi connectivity index (χ3v) is 1.66. The Balaban J connectivity index is 2.74. The van der Waals surface area contributed by atoms with Crippen molar-refractivity contribution in [2.24, 2.45) is 0 Å². The fourth-order valence-electron chi connectivity index (χ4n) is 0.974. The Labute approximate surface area is 77.9 Å². The average Bonchev–Trinajstić information content (AvgIpc) is 2.18. The summed E-state index contributed by atoms with van der Waals surface area (Å²) < 4.78 is 5.03. The molecule has 0 unspecified atom stereocenters. The fraction of sp³-hybridized carbons (Fsp3) is 0.200. The van der Waals surface area contributed by atoms with E-state index in [1.54, 1.807) is 14.2 Å². The molecule has 1 aromatic rings. The normalized spacial score (nSPS) is 9.38. The first-order valence-electron chi connectivity index (χ1n) is 3.90. The van der Waals surface area contributed by atoms with Crippen molar-refractivity contribution >= 4 is 5.70 Å². The SMILES string of the molecule is C=C(NOC)c1ccc(OC)cc1. The highest BCUT2D eigenvalue weighted by Crippen LogP contribution is 2.15. The second-order valence-electron chi connectivity index (χ2n) is 2.51. The highest BCUT2D eigenvalue weighted by atomic mass is 16.6. The van der Waals surface area contributed by atoms with Crippen molar-refractivity contribution < 1.29 is 9.57 Å². The molecule has 1 N–H and O–H groups in total. The van der Waals surface area contributed by atoms with Gasteiger partial charge in [-0.05, 0) is 29.8 Å². The van der Waals surface area contributed by atoms with Crippen molar-refractivity contribution in [2.75, 3.05) is 14.2 Å². The topological polar surface area (TPSA) is 30.5 Å². The molecule has 70 valence electrons. The van der Waals surface area contributed by atoms with Crippen LogP contribution < -0.4 is 10.2 Å². The van der Waals surface area contributed by atoms with Crippen LogP contribution in [0.25, 0.3) is 5.70 Å². The Bertz CT molecular complexity index is 279. The molecule has 0 aliphatic carbocycles. The Kier molecular flexibility index (Phi) is 3.34. The van der Waals surface area contributed by atoms with E-state index in [0.29, 0.717) is 0 Å². The van der Waals surface area contributed by atoms with E-state index in [0.717, 1.165) is 17.0 Å². The van der Waals surface area contributed by atoms with E-state index < -0.39 is 0 Å². The van der Waals surface area contributed by atoms with Crippen LogP contribution in [0.5, 0.6) is 5.75 Å². The number of nitrogens with one attached hydrogen (secondary N) is 1. The van der Waals surface area contributed by atoms with Crippen molar-refractivity contribution in [3.63, 3.8) is 0 Å². The van der Waals surface area contributed by atoms with Crippen LogP contribution >= 0.6 is 0 Å². The molecule has 1 aromatic carbocycles. The Morgan fingerprint density at radius 1 is 1.23 bits per heavy atom. The van der Waals surface area contributed by atoms with Crippen molar-refractivity contribution in [3.05, 3.63) is 36.4 Å². The van der Waals surface area contributed by atoms with E-state index in [1.807, 2.05) is 24.3 Å². The molecule has 3 heteroatoms. The summed E-state index contributed by atoms with van der Waals surface area (Å²) in [5, 5.41) is 0. The highest BCUT2D eigenvalue weighted by molar-refractivity contribution is 5.61. The molecule has 0 aromatic heterocycles. The third kappa shape index (κ3) is 2.49. The molecular weight excluding hydrogens is 166 g/mol. The van der Waals surface area contributed by atoms with Crippen molar-refractivity contribution in [1.29, 1.82) is 0 Å². The summed E-state index contributed by atoms with van der Waals surface area (Å²) in [4.78, 5) is 4.73. The minimum atomic E-state index is 0.727. The zero-order valence-electron chi connectivity index (χ0n) is 7.83. The summed E-state index contributed by atoms with van der Waals surface area (Å²) in [5.74, 6) is 0.828. The van der Waals surface area contributed by atoms with Gasteiger partial charge in [-0.2, -0.15) is 0 Å². The summed E-state index contributed by atoms with van der Waals surface area (Å²) in [6.07, 6.45) is 0. The molecule has 0 aliphatic heterocycles. The molecule has 0 bridgehead atoms. The van der Waals surface area contributed by atoms with E-state index in [1.165, 1.54) is 0 Å². The number of benzene rings is 1. The Morgan fingerprint density at radius 2 is 1.85 bits per heavy atom. The van der Waals surface area contributed by atoms with Gasteiger partial charge in [-0.15, -0.1) is 0 Å². The number of rotatable bonds is 4. The van der Waals surface area contributed by atoms with Crippen LogP contribution in [-0.4, -0.2) is 14.2 Å². The molecule has 0 spiro atoms. The number of ether oxygens (including phenoxy) is 1. The number of methoxy groups -OCH3 is 1. The molecule has 0 amide bonds. The zero-order valence-corrected chi connectivity index (χ0v) is 7.83. The van der Waals surface area contributed by atoms with Gasteiger partial charge in [-0.1, -0.05) is 6.58 Å². The lowest BCUT2D eigenvalue weighted by Gasteiger charge is -2.07. The Hall–Kier alpha value is -1.48. The quantitative estimate of drug-likeness (QED) is 0.715. The summed E-state index contributed by atoms with van der Waals surface area (Å²) in [6, 6.07) is 7.57. The maximum atomic E-state index is 5.03. The van der Waals surface area contributed by atoms with E-state index in [2.05, 4.69) is 12.1 Å². The van der Waals surface area contributed by atoms with Crippen LogP contribution in [0.2, 0.25) is 0 Å². The smallest absolute Gasteiger partial charge is 0.118 e. The maximum absolute atomic E-state index is 5.03. The second kappa shape index (κ2) is 4.52. The van der Waals surface area contributed by atoms with Crippen LogP contribution in [0.1, 0.15) is 5.56 Å². The van der Waals surface area contributed by atoms with Gasteiger partial charge in [-0.25, -0.2) is 0 Å². The van der Waals surface area contributed by atoms with Gasteiger partial charge >= 0.3 is 0 Å². The first-order valence-corrected chi connectivity index (χ1v) is 3.90. The predicted molar refractivity (Wildman–Crippen MR) is 52.2 cm³/mol. The molecule has 0 aliphatic rings. The standard InChI is InChI=1S/C10H13NO2/c1-8(11-13-3)9-4-6-10(12-2)7-5-9/h4-7,11H,1H2,2-3H3. The van der Waals surface area contributed by atoms with Crippen LogP contribution in [0.15, 0.2) is 30.8 Å². The number of hydrogen-bond donors (Lipinski definition) is 1. The summed E-state index contributed by atoms with van der Waals surface area (Å²) in [6.45, 7) is 3.79. The number of hydroxylamine groups is 1. The highest BCUT2D eigenvalue weighted by Gasteiger charge is 1.97.